The number of aromatic nitrogens is 2. The first kappa shape index (κ1) is 23.2. The van der Waals surface area contributed by atoms with E-state index < -0.39 is 11.7 Å². The Kier molecular flexibility index (Phi) is 8.01. The second-order valence-corrected chi connectivity index (χ2v) is 7.54. The first-order valence-corrected chi connectivity index (χ1v) is 10.9. The maximum absolute atomic E-state index is 15.4. The highest BCUT2D eigenvalue weighted by atomic mass is 35.5. The van der Waals surface area contributed by atoms with E-state index in [1.807, 2.05) is 32.0 Å². The van der Waals surface area contributed by atoms with E-state index in [1.54, 1.807) is 25.2 Å². The summed E-state index contributed by atoms with van der Waals surface area (Å²) in [5.74, 6) is -0.799. The fraction of sp³-hybridized carbons (Fsp3) is 0.391. The molecule has 2 heterocycles. The van der Waals surface area contributed by atoms with Gasteiger partial charge in [-0.2, -0.15) is 5.10 Å². The third-order valence-corrected chi connectivity index (χ3v) is 5.37. The third-order valence-electron chi connectivity index (χ3n) is 5.11. The van der Waals surface area contributed by atoms with E-state index in [4.69, 9.17) is 16.3 Å². The fourth-order valence-corrected chi connectivity index (χ4v) is 3.63. The monoisotopic (exact) mass is 446 g/mol. The normalized spacial score (nSPS) is 14.2. The summed E-state index contributed by atoms with van der Waals surface area (Å²) >= 11 is 5.89. The van der Waals surface area contributed by atoms with E-state index in [0.29, 0.717) is 42.4 Å². The Morgan fingerprint density at radius 2 is 1.84 bits per heavy atom. The molecule has 0 unspecified atom stereocenters. The molecular formula is C23H28ClFN4O2. The SMILES string of the molecule is CC.Cn1nc(C(=O)NCc2ccc(Cl)cc2)c2c(F)c(CN3CCOCC3)ccc21. The zero-order valence-corrected chi connectivity index (χ0v) is 18.9. The summed E-state index contributed by atoms with van der Waals surface area (Å²) in [5.41, 5.74) is 2.14. The van der Waals surface area contributed by atoms with Crippen molar-refractivity contribution in [3.63, 3.8) is 0 Å². The number of ether oxygens (including phenoxy) is 1. The number of nitrogens with zero attached hydrogens (tertiary/aromatic N) is 3. The van der Waals surface area contributed by atoms with Gasteiger partial charge in [0, 0.05) is 43.8 Å². The van der Waals surface area contributed by atoms with Gasteiger partial charge in [-0.05, 0) is 23.8 Å². The number of aryl methyl sites for hydroxylation is 1. The van der Waals surface area contributed by atoms with Crippen LogP contribution in [0.1, 0.15) is 35.5 Å². The second-order valence-electron chi connectivity index (χ2n) is 7.10. The van der Waals surface area contributed by atoms with Crippen LogP contribution in [0.15, 0.2) is 36.4 Å². The quantitative estimate of drug-likeness (QED) is 0.639. The van der Waals surface area contributed by atoms with E-state index in [2.05, 4.69) is 15.3 Å². The van der Waals surface area contributed by atoms with Gasteiger partial charge in [-0.3, -0.25) is 14.4 Å². The highest BCUT2D eigenvalue weighted by Crippen LogP contribution is 2.25. The van der Waals surface area contributed by atoms with E-state index in [-0.39, 0.29) is 11.1 Å². The van der Waals surface area contributed by atoms with Crippen LogP contribution in [0.25, 0.3) is 10.9 Å². The lowest BCUT2D eigenvalue weighted by Crippen LogP contribution is -2.35. The maximum atomic E-state index is 15.4. The Morgan fingerprint density at radius 1 is 1.16 bits per heavy atom. The second kappa shape index (κ2) is 10.7. The Hall–Kier alpha value is -2.48. The van der Waals surface area contributed by atoms with Crippen LogP contribution in [-0.2, 0) is 24.9 Å². The molecule has 0 spiro atoms. The van der Waals surface area contributed by atoms with E-state index >= 15 is 4.39 Å². The van der Waals surface area contributed by atoms with Gasteiger partial charge in [-0.25, -0.2) is 4.39 Å². The van der Waals surface area contributed by atoms with Crippen LogP contribution in [0.2, 0.25) is 5.02 Å². The standard InChI is InChI=1S/C21H22ClFN4O2.C2H6/c1-26-17-7-4-15(13-27-8-10-29-11-9-27)19(23)18(17)20(25-26)21(28)24-12-14-2-5-16(22)6-3-14;1-2/h2-7H,8-13H2,1H3,(H,24,28);1-2H3. The van der Waals surface area contributed by atoms with Crippen LogP contribution >= 0.6 is 11.6 Å². The number of amides is 1. The number of fused-ring (bicyclic) bond motifs is 1. The van der Waals surface area contributed by atoms with E-state index in [1.165, 1.54) is 4.68 Å². The summed E-state index contributed by atoms with van der Waals surface area (Å²) in [4.78, 5) is 14.9. The van der Waals surface area contributed by atoms with Gasteiger partial charge < -0.3 is 10.1 Å². The number of carbonyl (C=O) groups is 1. The van der Waals surface area contributed by atoms with Crippen molar-refractivity contribution in [2.45, 2.75) is 26.9 Å². The molecule has 1 saturated heterocycles. The summed E-state index contributed by atoms with van der Waals surface area (Å²) in [6.07, 6.45) is 0. The van der Waals surface area contributed by atoms with Gasteiger partial charge in [-0.1, -0.05) is 43.6 Å². The molecule has 1 amide bonds. The molecule has 2 aromatic carbocycles. The average molecular weight is 447 g/mol. The molecule has 3 aromatic rings. The van der Waals surface area contributed by atoms with Gasteiger partial charge in [-0.15, -0.1) is 0 Å². The molecule has 8 heteroatoms. The molecular weight excluding hydrogens is 419 g/mol. The lowest BCUT2D eigenvalue weighted by atomic mass is 10.1. The third kappa shape index (κ3) is 5.42. The van der Waals surface area contributed by atoms with Crippen LogP contribution < -0.4 is 5.32 Å². The fourth-order valence-electron chi connectivity index (χ4n) is 3.51. The predicted molar refractivity (Wildman–Crippen MR) is 121 cm³/mol. The van der Waals surface area contributed by atoms with Crippen LogP contribution in [0.5, 0.6) is 0 Å². The van der Waals surface area contributed by atoms with Crippen molar-refractivity contribution in [2.75, 3.05) is 26.3 Å². The molecule has 1 aliphatic heterocycles. The number of halogens is 2. The van der Waals surface area contributed by atoms with Crippen LogP contribution in [0.4, 0.5) is 4.39 Å². The van der Waals surface area contributed by atoms with Gasteiger partial charge in [0.2, 0.25) is 0 Å². The van der Waals surface area contributed by atoms with Crippen molar-refractivity contribution in [3.05, 3.63) is 64.1 Å². The Bertz CT molecular complexity index is 1030. The lowest BCUT2D eigenvalue weighted by molar-refractivity contribution is 0.0337. The molecule has 1 aromatic heterocycles. The summed E-state index contributed by atoms with van der Waals surface area (Å²) in [6, 6.07) is 10.8. The predicted octanol–water partition coefficient (Wildman–Crippen LogP) is 4.15. The molecule has 0 atom stereocenters. The Balaban J connectivity index is 0.00000132. The van der Waals surface area contributed by atoms with Crippen LogP contribution in [0.3, 0.4) is 0 Å². The molecule has 1 N–H and O–H groups in total. The first-order valence-electron chi connectivity index (χ1n) is 10.5. The van der Waals surface area contributed by atoms with Crippen molar-refractivity contribution in [1.29, 1.82) is 0 Å². The minimum Gasteiger partial charge on any atom is -0.379 e. The first-order chi connectivity index (χ1) is 15.0. The van der Waals surface area contributed by atoms with Crippen molar-refractivity contribution in [3.8, 4) is 0 Å². The highest BCUT2D eigenvalue weighted by Gasteiger charge is 2.22. The molecule has 0 saturated carbocycles. The summed E-state index contributed by atoms with van der Waals surface area (Å²) in [5, 5.41) is 7.98. The van der Waals surface area contributed by atoms with E-state index in [0.717, 1.165) is 18.7 Å². The summed E-state index contributed by atoms with van der Waals surface area (Å²) in [6.45, 7) is 7.61. The zero-order valence-electron chi connectivity index (χ0n) is 18.1. The van der Waals surface area contributed by atoms with Gasteiger partial charge in [0.25, 0.3) is 5.91 Å². The number of hydrogen-bond donors (Lipinski definition) is 1. The smallest absolute Gasteiger partial charge is 0.272 e. The topological polar surface area (TPSA) is 59.4 Å². The molecule has 166 valence electrons. The molecule has 1 fully saturated rings. The Labute approximate surface area is 186 Å². The summed E-state index contributed by atoms with van der Waals surface area (Å²) in [7, 11) is 1.71. The number of morpholine rings is 1. The average Bonchev–Trinajstić information content (AvgIpc) is 3.14. The number of rotatable bonds is 5. The maximum Gasteiger partial charge on any atom is 0.272 e. The summed E-state index contributed by atoms with van der Waals surface area (Å²) < 4.78 is 22.2. The largest absolute Gasteiger partial charge is 0.379 e. The molecule has 6 nitrogen and oxygen atoms in total. The minimum atomic E-state index is -0.409. The number of carbonyl (C=O) groups excluding carboxylic acids is 1. The van der Waals surface area contributed by atoms with Crippen molar-refractivity contribution in [2.24, 2.45) is 7.05 Å². The molecule has 4 rings (SSSR count). The van der Waals surface area contributed by atoms with Gasteiger partial charge in [0.15, 0.2) is 5.69 Å². The van der Waals surface area contributed by atoms with Gasteiger partial charge >= 0.3 is 0 Å². The van der Waals surface area contributed by atoms with Gasteiger partial charge in [0.1, 0.15) is 5.82 Å². The Morgan fingerprint density at radius 3 is 2.52 bits per heavy atom. The molecule has 31 heavy (non-hydrogen) atoms. The highest BCUT2D eigenvalue weighted by molar-refractivity contribution is 6.30. The van der Waals surface area contributed by atoms with Crippen molar-refractivity contribution >= 4 is 28.4 Å². The number of benzene rings is 2. The molecule has 1 aliphatic rings. The molecule has 0 aliphatic carbocycles. The van der Waals surface area contributed by atoms with Crippen LogP contribution in [0, 0.1) is 5.82 Å². The zero-order chi connectivity index (χ0) is 22.4. The van der Waals surface area contributed by atoms with Crippen LogP contribution in [-0.4, -0.2) is 46.9 Å². The van der Waals surface area contributed by atoms with E-state index in [9.17, 15) is 4.79 Å². The lowest BCUT2D eigenvalue weighted by Gasteiger charge is -2.26. The minimum absolute atomic E-state index is 0.0952. The van der Waals surface area contributed by atoms with Crippen molar-refractivity contribution < 1.29 is 13.9 Å². The van der Waals surface area contributed by atoms with Crippen molar-refractivity contribution in [1.82, 2.24) is 20.0 Å². The molecule has 0 radical (unpaired) electrons. The number of nitrogens with one attached hydrogen (secondary N) is 1. The molecule has 0 bridgehead atoms. The number of hydrogen-bond acceptors (Lipinski definition) is 4. The van der Waals surface area contributed by atoms with Gasteiger partial charge in [0.05, 0.1) is 24.1 Å².